The highest BCUT2D eigenvalue weighted by atomic mass is 16.5. The molecule has 2 atom stereocenters. The Kier molecular flexibility index (Phi) is 3.50. The summed E-state index contributed by atoms with van der Waals surface area (Å²) < 4.78 is 7.63. The number of hydrogen-bond donors (Lipinski definition) is 1. The van der Waals surface area contributed by atoms with Crippen molar-refractivity contribution in [2.24, 2.45) is 5.41 Å². The Morgan fingerprint density at radius 3 is 3.00 bits per heavy atom. The molecular formula is C20H23N5O. The van der Waals surface area contributed by atoms with Crippen molar-refractivity contribution in [1.82, 2.24) is 25.2 Å². The maximum Gasteiger partial charge on any atom is 0.230 e. The molecule has 2 aliphatic rings. The van der Waals surface area contributed by atoms with Crippen LogP contribution in [0.5, 0.6) is 0 Å². The first kappa shape index (κ1) is 15.8. The Labute approximate surface area is 152 Å². The molecule has 2 aromatic heterocycles. The molecule has 3 aromatic rings. The second-order valence-electron chi connectivity index (χ2n) is 7.79. The number of nitrogens with one attached hydrogen (secondary N) is 1. The van der Waals surface area contributed by atoms with Gasteiger partial charge >= 0.3 is 0 Å². The third-order valence-electron chi connectivity index (χ3n) is 5.83. The maximum absolute atomic E-state index is 5.60. The summed E-state index contributed by atoms with van der Waals surface area (Å²) in [6.07, 6.45) is 2.38. The van der Waals surface area contributed by atoms with Crippen LogP contribution in [0, 0.1) is 19.3 Å². The Balaban J connectivity index is 1.37. The molecule has 0 bridgehead atoms. The van der Waals surface area contributed by atoms with Crippen molar-refractivity contribution in [2.75, 3.05) is 13.1 Å². The van der Waals surface area contributed by atoms with Crippen molar-refractivity contribution >= 4 is 0 Å². The fourth-order valence-corrected chi connectivity index (χ4v) is 4.24. The number of benzene rings is 1. The molecule has 1 N–H and O–H groups in total. The zero-order chi connectivity index (χ0) is 17.7. The van der Waals surface area contributed by atoms with E-state index in [2.05, 4.69) is 40.7 Å². The average Bonchev–Trinajstić information content (AvgIpc) is 3.01. The van der Waals surface area contributed by atoms with Crippen molar-refractivity contribution in [2.45, 2.75) is 39.2 Å². The third kappa shape index (κ3) is 2.65. The van der Waals surface area contributed by atoms with Crippen LogP contribution in [0.2, 0.25) is 0 Å². The van der Waals surface area contributed by atoms with Crippen LogP contribution in [-0.2, 0) is 6.54 Å². The first-order valence-electron chi connectivity index (χ1n) is 9.28. The van der Waals surface area contributed by atoms with E-state index in [0.717, 1.165) is 36.8 Å². The molecule has 6 nitrogen and oxygen atoms in total. The molecule has 1 aromatic carbocycles. The van der Waals surface area contributed by atoms with E-state index in [1.807, 2.05) is 23.7 Å². The van der Waals surface area contributed by atoms with Gasteiger partial charge in [0, 0.05) is 23.7 Å². The minimum atomic E-state index is 0.376. The van der Waals surface area contributed by atoms with Gasteiger partial charge < -0.3 is 9.84 Å². The predicted octanol–water partition coefficient (Wildman–Crippen LogP) is 3.07. The van der Waals surface area contributed by atoms with Crippen LogP contribution in [0.3, 0.4) is 0 Å². The van der Waals surface area contributed by atoms with E-state index in [0.29, 0.717) is 17.2 Å². The molecule has 1 aliphatic carbocycles. The maximum atomic E-state index is 5.60. The topological polar surface area (TPSA) is 68.8 Å². The molecule has 1 saturated heterocycles. The number of aryl methyl sites for hydroxylation is 2. The van der Waals surface area contributed by atoms with Gasteiger partial charge in [0.05, 0.1) is 12.2 Å². The summed E-state index contributed by atoms with van der Waals surface area (Å²) in [6.45, 7) is 7.03. The summed E-state index contributed by atoms with van der Waals surface area (Å²) in [6, 6.07) is 10.4. The quantitative estimate of drug-likeness (QED) is 0.784. The number of nitrogens with zero attached hydrogens (tertiary/aromatic N) is 4. The largest absolute Gasteiger partial charge is 0.339 e. The summed E-state index contributed by atoms with van der Waals surface area (Å²) in [4.78, 5) is 4.70. The van der Waals surface area contributed by atoms with Crippen molar-refractivity contribution in [3.8, 4) is 11.4 Å². The number of aromatic nitrogens is 4. The van der Waals surface area contributed by atoms with Gasteiger partial charge in [-0.3, -0.25) is 4.68 Å². The second-order valence-corrected chi connectivity index (χ2v) is 7.79. The van der Waals surface area contributed by atoms with Crippen LogP contribution in [0.25, 0.3) is 11.4 Å². The van der Waals surface area contributed by atoms with E-state index in [9.17, 15) is 0 Å². The van der Waals surface area contributed by atoms with Crippen LogP contribution in [0.1, 0.15) is 41.6 Å². The molecule has 0 amide bonds. The van der Waals surface area contributed by atoms with Gasteiger partial charge in [-0.2, -0.15) is 10.1 Å². The zero-order valence-electron chi connectivity index (χ0n) is 15.2. The summed E-state index contributed by atoms with van der Waals surface area (Å²) in [7, 11) is 0. The zero-order valence-corrected chi connectivity index (χ0v) is 15.2. The van der Waals surface area contributed by atoms with Gasteiger partial charge in [-0.25, -0.2) is 0 Å². The molecule has 134 valence electrons. The van der Waals surface area contributed by atoms with Gasteiger partial charge in [0.1, 0.15) is 0 Å². The standard InChI is InChI=1S/C20H23N5O/c1-13-8-14(2)25(23-13)11-15-4-3-5-16(9-15)18-22-19(26-24-18)17-10-20(17)6-7-21-12-20/h3-5,8-9,17,21H,6-7,10-12H2,1-2H3. The molecule has 6 heteroatoms. The lowest BCUT2D eigenvalue weighted by Crippen LogP contribution is -2.10. The molecular weight excluding hydrogens is 326 g/mol. The van der Waals surface area contributed by atoms with Crippen LogP contribution in [-0.4, -0.2) is 33.0 Å². The Morgan fingerprint density at radius 2 is 2.23 bits per heavy atom. The van der Waals surface area contributed by atoms with Crippen LogP contribution < -0.4 is 5.32 Å². The average molecular weight is 349 g/mol. The van der Waals surface area contributed by atoms with Crippen LogP contribution in [0.15, 0.2) is 34.9 Å². The fraction of sp³-hybridized carbons (Fsp3) is 0.450. The highest BCUT2D eigenvalue weighted by molar-refractivity contribution is 5.55. The summed E-state index contributed by atoms with van der Waals surface area (Å²) in [5.41, 5.74) is 4.77. The van der Waals surface area contributed by atoms with E-state index < -0.39 is 0 Å². The van der Waals surface area contributed by atoms with Crippen molar-refractivity contribution in [3.05, 3.63) is 53.2 Å². The highest BCUT2D eigenvalue weighted by Crippen LogP contribution is 2.62. The van der Waals surface area contributed by atoms with Crippen molar-refractivity contribution < 1.29 is 4.52 Å². The van der Waals surface area contributed by atoms with Gasteiger partial charge in [0.15, 0.2) is 0 Å². The lowest BCUT2D eigenvalue weighted by atomic mass is 10.0. The predicted molar refractivity (Wildman–Crippen MR) is 97.8 cm³/mol. The van der Waals surface area contributed by atoms with Gasteiger partial charge in [0.25, 0.3) is 0 Å². The number of hydrogen-bond acceptors (Lipinski definition) is 5. The summed E-state index contributed by atoms with van der Waals surface area (Å²) >= 11 is 0. The monoisotopic (exact) mass is 349 g/mol. The van der Waals surface area contributed by atoms with E-state index >= 15 is 0 Å². The molecule has 3 heterocycles. The van der Waals surface area contributed by atoms with E-state index in [4.69, 9.17) is 9.51 Å². The van der Waals surface area contributed by atoms with Gasteiger partial charge in [-0.1, -0.05) is 23.4 Å². The Bertz CT molecular complexity index is 951. The minimum absolute atomic E-state index is 0.376. The lowest BCUT2D eigenvalue weighted by molar-refractivity contribution is 0.364. The summed E-state index contributed by atoms with van der Waals surface area (Å²) in [5.74, 6) is 1.91. The van der Waals surface area contributed by atoms with Gasteiger partial charge in [0.2, 0.25) is 11.7 Å². The first-order chi connectivity index (χ1) is 12.6. The Hall–Kier alpha value is -2.47. The van der Waals surface area contributed by atoms with Crippen molar-refractivity contribution in [3.63, 3.8) is 0 Å². The molecule has 1 aliphatic heterocycles. The highest BCUT2D eigenvalue weighted by Gasteiger charge is 2.58. The van der Waals surface area contributed by atoms with Crippen LogP contribution in [0.4, 0.5) is 0 Å². The summed E-state index contributed by atoms with van der Waals surface area (Å²) in [5, 5.41) is 12.2. The first-order valence-corrected chi connectivity index (χ1v) is 9.28. The smallest absolute Gasteiger partial charge is 0.230 e. The molecule has 1 spiro atoms. The Morgan fingerprint density at radius 1 is 1.31 bits per heavy atom. The van der Waals surface area contributed by atoms with Gasteiger partial charge in [-0.15, -0.1) is 0 Å². The van der Waals surface area contributed by atoms with E-state index in [1.54, 1.807) is 0 Å². The van der Waals surface area contributed by atoms with E-state index in [1.165, 1.54) is 24.1 Å². The molecule has 2 unspecified atom stereocenters. The van der Waals surface area contributed by atoms with Crippen molar-refractivity contribution in [1.29, 1.82) is 0 Å². The second kappa shape index (κ2) is 5.77. The molecule has 1 saturated carbocycles. The fourth-order valence-electron chi connectivity index (χ4n) is 4.24. The van der Waals surface area contributed by atoms with Crippen LogP contribution >= 0.6 is 0 Å². The van der Waals surface area contributed by atoms with E-state index in [-0.39, 0.29) is 0 Å². The SMILES string of the molecule is Cc1cc(C)n(Cc2cccc(-c3noc(C4CC45CCNC5)n3)c2)n1. The number of rotatable bonds is 4. The lowest BCUT2D eigenvalue weighted by Gasteiger charge is -2.05. The van der Waals surface area contributed by atoms with Gasteiger partial charge in [-0.05, 0) is 56.3 Å². The molecule has 26 heavy (non-hydrogen) atoms. The minimum Gasteiger partial charge on any atom is -0.339 e. The normalized spacial score (nSPS) is 24.5. The molecule has 0 radical (unpaired) electrons. The molecule has 2 fully saturated rings. The third-order valence-corrected chi connectivity index (χ3v) is 5.83. The molecule has 5 rings (SSSR count).